The molecule has 0 aliphatic heterocycles. The topological polar surface area (TPSA) is 76.2 Å². The van der Waals surface area contributed by atoms with Gasteiger partial charge in [-0.15, -0.1) is 0 Å². The molecular weight excluding hydrogens is 446 g/mol. The molecule has 0 spiro atoms. The molecule has 2 aromatic heterocycles. The Labute approximate surface area is 212 Å². The molecule has 0 atom stereocenters. The van der Waals surface area contributed by atoms with E-state index in [1.165, 1.54) is 49.7 Å². The Morgan fingerprint density at radius 2 is 1.86 bits per heavy atom. The van der Waals surface area contributed by atoms with Crippen molar-refractivity contribution in [2.24, 2.45) is 10.9 Å². The molecule has 2 aromatic carbocycles. The number of rotatable bonds is 8. The lowest BCUT2D eigenvalue weighted by atomic mass is 9.84. The highest BCUT2D eigenvalue weighted by atomic mass is 16.5. The normalized spacial score (nSPS) is 15.1. The zero-order valence-corrected chi connectivity index (χ0v) is 21.1. The molecule has 0 amide bonds. The van der Waals surface area contributed by atoms with Crippen molar-refractivity contribution < 1.29 is 4.52 Å². The summed E-state index contributed by atoms with van der Waals surface area (Å²) < 4.78 is 5.03. The third-order valence-corrected chi connectivity index (χ3v) is 6.93. The number of aliphatic imine (C=N–C) groups is 1. The summed E-state index contributed by atoms with van der Waals surface area (Å²) in [6, 6.07) is 16.5. The van der Waals surface area contributed by atoms with Gasteiger partial charge in [0.2, 0.25) is 5.89 Å². The summed E-state index contributed by atoms with van der Waals surface area (Å²) in [4.78, 5) is 14.4. The molecule has 184 valence electrons. The van der Waals surface area contributed by atoms with Crippen LogP contribution in [-0.2, 0) is 0 Å². The third-order valence-electron chi connectivity index (χ3n) is 6.93. The molecular formula is C30H33N5O. The molecule has 1 aliphatic rings. The van der Waals surface area contributed by atoms with Gasteiger partial charge >= 0.3 is 0 Å². The minimum absolute atomic E-state index is 0.483. The van der Waals surface area contributed by atoms with Crippen LogP contribution < -0.4 is 5.32 Å². The monoisotopic (exact) mass is 479 g/mol. The molecule has 1 aliphatic carbocycles. The van der Waals surface area contributed by atoms with E-state index in [1.807, 2.05) is 12.1 Å². The molecule has 0 bridgehead atoms. The van der Waals surface area contributed by atoms with Gasteiger partial charge in [0.1, 0.15) is 5.69 Å². The first kappa shape index (κ1) is 23.9. The minimum Gasteiger partial charge on any atom is -0.338 e. The zero-order valence-electron chi connectivity index (χ0n) is 21.1. The van der Waals surface area contributed by atoms with E-state index in [2.05, 4.69) is 71.8 Å². The van der Waals surface area contributed by atoms with Crippen LogP contribution in [-0.4, -0.2) is 20.8 Å². The van der Waals surface area contributed by atoms with E-state index in [0.717, 1.165) is 46.5 Å². The van der Waals surface area contributed by atoms with Crippen LogP contribution in [0.1, 0.15) is 68.9 Å². The Kier molecular flexibility index (Phi) is 7.50. The van der Waals surface area contributed by atoms with Gasteiger partial charge in [-0.25, -0.2) is 4.98 Å². The fraction of sp³-hybridized carbons (Fsp3) is 0.333. The van der Waals surface area contributed by atoms with Gasteiger partial charge in [-0.05, 0) is 67.5 Å². The van der Waals surface area contributed by atoms with Crippen molar-refractivity contribution in [2.45, 2.75) is 58.8 Å². The Balaban J connectivity index is 1.49. The Bertz CT molecular complexity index is 1350. The number of hydrogen-bond donors (Lipinski definition) is 1. The summed E-state index contributed by atoms with van der Waals surface area (Å²) in [6.07, 6.45) is 13.8. The number of hydrogen-bond acceptors (Lipinski definition) is 6. The summed E-state index contributed by atoms with van der Waals surface area (Å²) in [6.45, 7) is 4.42. The highest BCUT2D eigenvalue weighted by Gasteiger charge is 2.21. The van der Waals surface area contributed by atoms with Gasteiger partial charge < -0.3 is 9.84 Å². The number of aryl methyl sites for hydroxylation is 1. The predicted molar refractivity (Wildman–Crippen MR) is 148 cm³/mol. The van der Waals surface area contributed by atoms with Crippen molar-refractivity contribution >= 4 is 46.0 Å². The van der Waals surface area contributed by atoms with Gasteiger partial charge in [0.25, 0.3) is 0 Å². The molecule has 2 heterocycles. The lowest BCUT2D eigenvalue weighted by Gasteiger charge is -2.24. The first-order chi connectivity index (χ1) is 17.7. The first-order valence-corrected chi connectivity index (χ1v) is 13.0. The first-order valence-electron chi connectivity index (χ1n) is 13.0. The lowest BCUT2D eigenvalue weighted by molar-refractivity contribution is 0.409. The van der Waals surface area contributed by atoms with E-state index in [1.54, 1.807) is 6.08 Å². The predicted octanol–water partition coefficient (Wildman–Crippen LogP) is 8.29. The second-order valence-corrected chi connectivity index (χ2v) is 9.50. The van der Waals surface area contributed by atoms with Crippen LogP contribution in [0.4, 0.5) is 17.2 Å². The number of nitrogens with one attached hydrogen (secondary N) is 1. The fourth-order valence-electron chi connectivity index (χ4n) is 5.01. The van der Waals surface area contributed by atoms with Crippen molar-refractivity contribution in [3.8, 4) is 0 Å². The quantitative estimate of drug-likeness (QED) is 0.257. The summed E-state index contributed by atoms with van der Waals surface area (Å²) in [5.74, 6) is 1.88. The molecule has 1 fully saturated rings. The Hall–Kier alpha value is -3.80. The number of para-hydroxylation sites is 1. The Morgan fingerprint density at radius 3 is 2.61 bits per heavy atom. The van der Waals surface area contributed by atoms with Gasteiger partial charge in [-0.3, -0.25) is 4.99 Å². The molecule has 0 saturated heterocycles. The highest BCUT2D eigenvalue weighted by Crippen LogP contribution is 2.37. The smallest absolute Gasteiger partial charge is 0.250 e. The number of pyridine rings is 1. The van der Waals surface area contributed by atoms with Crippen LogP contribution in [0.3, 0.4) is 0 Å². The Morgan fingerprint density at radius 1 is 1.06 bits per heavy atom. The van der Waals surface area contributed by atoms with E-state index < -0.39 is 0 Å². The molecule has 1 saturated carbocycles. The minimum atomic E-state index is 0.483. The van der Waals surface area contributed by atoms with Crippen LogP contribution in [0.15, 0.2) is 64.4 Å². The number of benzene rings is 2. The van der Waals surface area contributed by atoms with Crippen LogP contribution in [0.25, 0.3) is 23.1 Å². The number of fused-ring (bicyclic) bond motifs is 1. The lowest BCUT2D eigenvalue weighted by Crippen LogP contribution is -2.17. The molecule has 0 unspecified atom stereocenters. The van der Waals surface area contributed by atoms with Gasteiger partial charge in [-0.2, -0.15) is 4.98 Å². The van der Waals surface area contributed by atoms with Gasteiger partial charge in [0, 0.05) is 22.9 Å². The number of aromatic nitrogens is 3. The fourth-order valence-corrected chi connectivity index (χ4v) is 5.01. The number of anilines is 2. The van der Waals surface area contributed by atoms with Crippen LogP contribution in [0.2, 0.25) is 0 Å². The molecule has 5 rings (SSSR count). The van der Waals surface area contributed by atoms with Crippen molar-refractivity contribution in [2.75, 3.05) is 5.32 Å². The maximum atomic E-state index is 5.35. The molecule has 4 aromatic rings. The van der Waals surface area contributed by atoms with Crippen molar-refractivity contribution in [1.82, 2.24) is 15.1 Å². The second kappa shape index (κ2) is 11.3. The van der Waals surface area contributed by atoms with Crippen LogP contribution >= 0.6 is 0 Å². The number of nitrogens with zero attached hydrogens (tertiary/aromatic N) is 4. The van der Waals surface area contributed by atoms with Crippen molar-refractivity contribution in [3.63, 3.8) is 0 Å². The molecule has 0 radical (unpaired) electrons. The largest absolute Gasteiger partial charge is 0.338 e. The summed E-state index contributed by atoms with van der Waals surface area (Å²) in [7, 11) is 0. The molecule has 1 N–H and O–H groups in total. The van der Waals surface area contributed by atoms with Gasteiger partial charge in [0.15, 0.2) is 12.1 Å². The van der Waals surface area contributed by atoms with Crippen LogP contribution in [0, 0.1) is 12.8 Å². The van der Waals surface area contributed by atoms with E-state index in [-0.39, 0.29) is 0 Å². The maximum Gasteiger partial charge on any atom is 0.250 e. The maximum absolute atomic E-state index is 5.35. The van der Waals surface area contributed by atoms with Gasteiger partial charge in [0.05, 0.1) is 5.52 Å². The second-order valence-electron chi connectivity index (χ2n) is 9.50. The molecule has 6 heteroatoms. The van der Waals surface area contributed by atoms with Gasteiger partial charge in [-0.1, -0.05) is 68.1 Å². The summed E-state index contributed by atoms with van der Waals surface area (Å²) in [5, 5.41) is 8.35. The molecule has 36 heavy (non-hydrogen) atoms. The average molecular weight is 480 g/mol. The highest BCUT2D eigenvalue weighted by molar-refractivity contribution is 5.96. The van der Waals surface area contributed by atoms with E-state index >= 15 is 0 Å². The van der Waals surface area contributed by atoms with E-state index in [4.69, 9.17) is 14.5 Å². The van der Waals surface area contributed by atoms with Crippen molar-refractivity contribution in [3.05, 3.63) is 71.9 Å². The molecule has 6 nitrogen and oxygen atoms in total. The van der Waals surface area contributed by atoms with E-state index in [9.17, 15) is 0 Å². The van der Waals surface area contributed by atoms with Crippen LogP contribution in [0.5, 0.6) is 0 Å². The van der Waals surface area contributed by atoms with Crippen molar-refractivity contribution in [1.29, 1.82) is 0 Å². The summed E-state index contributed by atoms with van der Waals surface area (Å²) >= 11 is 0. The average Bonchev–Trinajstić information content (AvgIpc) is 3.44. The standard InChI is InChI=1S/C30H33N5O/c1-3-9-26(23-10-5-4-6-11-23)34-29-21(2)25-12-7-8-13-27(25)35-30(29)33-24-17-14-22(15-18-24)16-19-28-31-20-32-36-28/h7-8,12-20,23H,3-6,9-11H2,1-2H3,(H,33,35)/b19-16+,34-26?. The summed E-state index contributed by atoms with van der Waals surface area (Å²) in [5.41, 5.74) is 6.46. The SMILES string of the molecule is CCCC(=Nc1c(Nc2ccc(/C=C/c3ncno3)cc2)nc2ccccc2c1C)C1CCCCC1. The zero-order chi connectivity index (χ0) is 24.7. The third kappa shape index (κ3) is 5.54. The van der Waals surface area contributed by atoms with E-state index in [0.29, 0.717) is 11.8 Å².